The molecule has 0 fully saturated rings. The van der Waals surface area contributed by atoms with Crippen molar-refractivity contribution in [1.82, 2.24) is 0 Å². The van der Waals surface area contributed by atoms with Crippen molar-refractivity contribution < 1.29 is 9.90 Å². The molecule has 0 saturated heterocycles. The smallest absolute Gasteiger partial charge is 0.227 e. The van der Waals surface area contributed by atoms with Crippen molar-refractivity contribution in [3.05, 3.63) is 124 Å². The molecule has 1 unspecified atom stereocenters. The van der Waals surface area contributed by atoms with E-state index in [1.807, 2.05) is 25.1 Å². The number of nitrogens with zero attached hydrogens (tertiary/aromatic N) is 2. The minimum atomic E-state index is -0.207. The van der Waals surface area contributed by atoms with Crippen molar-refractivity contribution in [2.45, 2.75) is 45.6 Å². The molecule has 1 aliphatic carbocycles. The van der Waals surface area contributed by atoms with Gasteiger partial charge in [0.1, 0.15) is 5.75 Å². The number of nitrogens with one attached hydrogen (secondary N) is 1. The predicted octanol–water partition coefficient (Wildman–Crippen LogP) is 7.00. The number of aliphatic imine (C=N–C) groups is 1. The van der Waals surface area contributed by atoms with Crippen molar-refractivity contribution in [2.75, 3.05) is 5.32 Å². The maximum atomic E-state index is 12.7. The van der Waals surface area contributed by atoms with Crippen LogP contribution in [0.1, 0.15) is 48.9 Å². The fourth-order valence-corrected chi connectivity index (χ4v) is 5.33. The summed E-state index contributed by atoms with van der Waals surface area (Å²) in [5.74, 6) is 0.00418. The van der Waals surface area contributed by atoms with Crippen LogP contribution in [-0.4, -0.2) is 23.3 Å². The Labute approximate surface area is 235 Å². The Morgan fingerprint density at radius 2 is 1.85 bits per heavy atom. The van der Waals surface area contributed by atoms with Crippen LogP contribution in [-0.2, 0) is 17.6 Å². The summed E-state index contributed by atoms with van der Waals surface area (Å²) in [5.41, 5.74) is 8.88. The van der Waals surface area contributed by atoms with Crippen LogP contribution in [0.4, 0.5) is 5.69 Å². The number of para-hydroxylation sites is 1. The van der Waals surface area contributed by atoms with Gasteiger partial charge in [-0.3, -0.25) is 4.79 Å². The van der Waals surface area contributed by atoms with Crippen LogP contribution in [0.2, 0.25) is 0 Å². The van der Waals surface area contributed by atoms with Crippen LogP contribution < -0.4 is 5.32 Å². The Morgan fingerprint density at radius 1 is 1.10 bits per heavy atom. The zero-order valence-corrected chi connectivity index (χ0v) is 25.4. The number of anilines is 1. The molecule has 0 spiro atoms. The van der Waals surface area contributed by atoms with Gasteiger partial charge < -0.3 is 15.4 Å². The summed E-state index contributed by atoms with van der Waals surface area (Å²) in [6, 6.07) is 25.1. The van der Waals surface area contributed by atoms with Crippen LogP contribution in [0, 0.1) is 23.3 Å². The van der Waals surface area contributed by atoms with Crippen LogP contribution in [0.15, 0.2) is 101 Å². The van der Waals surface area contributed by atoms with E-state index in [2.05, 4.69) is 59.7 Å². The number of phenolic OH excluding ortho intramolecular Hbond substituents is 1. The van der Waals surface area contributed by atoms with Crippen LogP contribution in [0.3, 0.4) is 0 Å². The topological polar surface area (TPSA) is 85.5 Å². The third kappa shape index (κ3) is 6.49. The SMILES string of the molecule is CC1=C(c2ccccc2O)C=C(CCc2ccc(C[C@@H](C)C(=O)Nc3cccc(C#N)c3)cc2)CC2N=C[C-]=C12.[Md]. The molecule has 2 aliphatic rings. The summed E-state index contributed by atoms with van der Waals surface area (Å²) in [6.07, 6.45) is 10.6. The number of nitriles is 1. The van der Waals surface area contributed by atoms with Gasteiger partial charge in [0.25, 0.3) is 0 Å². The summed E-state index contributed by atoms with van der Waals surface area (Å²) < 4.78 is 0. The van der Waals surface area contributed by atoms with Crippen molar-refractivity contribution >= 4 is 23.4 Å². The molecule has 1 aliphatic heterocycles. The number of phenols is 1. The summed E-state index contributed by atoms with van der Waals surface area (Å²) in [6.45, 7) is 4.01. The molecular weight excluding hydrogens is 752 g/mol. The fourth-order valence-electron chi connectivity index (χ4n) is 5.33. The van der Waals surface area contributed by atoms with Gasteiger partial charge in [0.2, 0.25) is 5.91 Å². The molecular formula is C35H32MdN3O2-. The third-order valence-electron chi connectivity index (χ3n) is 7.62. The van der Waals surface area contributed by atoms with Crippen molar-refractivity contribution in [3.8, 4) is 11.8 Å². The second-order valence-electron chi connectivity index (χ2n) is 10.5. The number of carbonyl (C=O) groups is 1. The van der Waals surface area contributed by atoms with Crippen LogP contribution in [0.25, 0.3) is 5.57 Å². The molecule has 0 aromatic heterocycles. The maximum Gasteiger partial charge on any atom is 0.227 e. The standard InChI is InChI=1S/C35H32N3O2.Md/c1-23(35(40)38-29-7-5-6-28(19-29)22-36)18-26-13-10-25(11-14-26)12-15-27-20-32(31-8-3-4-9-34(31)39)24(2)30-16-17-37-33(30)21-27;/h3-11,13-14,17,19-20,23,33,39H,12,15,18,21H2,1-2H3,(H,38,40);/q-1;/t23-,33?;/m1./s1. The maximum absolute atomic E-state index is 12.7. The molecule has 1 heterocycles. The van der Waals surface area contributed by atoms with E-state index >= 15 is 0 Å². The van der Waals surface area contributed by atoms with Gasteiger partial charge in [0, 0.05) is 23.2 Å². The molecule has 2 atom stereocenters. The second kappa shape index (κ2) is 12.4. The minimum Gasteiger partial charge on any atom is -0.507 e. The van der Waals surface area contributed by atoms with Crippen molar-refractivity contribution in [2.24, 2.45) is 10.9 Å². The van der Waals surface area contributed by atoms with Crippen LogP contribution in [0.5, 0.6) is 5.75 Å². The quantitative estimate of drug-likeness (QED) is 0.242. The molecule has 2 N–H and O–H groups in total. The van der Waals surface area contributed by atoms with Gasteiger partial charge in [-0.1, -0.05) is 78.9 Å². The average Bonchev–Trinajstić information content (AvgIpc) is 3.38. The molecule has 5 rings (SSSR count). The molecule has 213 valence electrons. The number of hydrogen-bond acceptors (Lipinski definition) is 4. The van der Waals surface area contributed by atoms with Gasteiger partial charge in [0.15, 0.2) is 0 Å². The summed E-state index contributed by atoms with van der Waals surface area (Å²) in [5, 5.41) is 22.6. The fraction of sp³-hybridized carbons (Fsp3) is 0.229. The number of rotatable bonds is 8. The van der Waals surface area contributed by atoms with E-state index in [0.29, 0.717) is 17.7 Å². The summed E-state index contributed by atoms with van der Waals surface area (Å²) in [4.78, 5) is 17.4. The van der Waals surface area contributed by atoms with E-state index in [9.17, 15) is 9.90 Å². The third-order valence-corrected chi connectivity index (χ3v) is 7.62. The molecule has 5 nitrogen and oxygen atoms in total. The Balaban J connectivity index is 0.00000387. The van der Waals surface area contributed by atoms with Gasteiger partial charge in [-0.05, 0) is 61.1 Å². The first-order valence-corrected chi connectivity index (χ1v) is 13.6. The molecule has 41 heavy (non-hydrogen) atoms. The number of carbonyl (C=O) groups excluding carboxylic acids is 1. The monoisotopic (exact) mass is 784 g/mol. The van der Waals surface area contributed by atoms with E-state index < -0.39 is 0 Å². The first-order valence-electron chi connectivity index (χ1n) is 13.6. The largest absolute Gasteiger partial charge is 0.507 e. The zero-order chi connectivity index (χ0) is 28.1. The molecule has 3 aromatic carbocycles. The van der Waals surface area contributed by atoms with Gasteiger partial charge in [-0.2, -0.15) is 16.4 Å². The number of aromatic hydroxyl groups is 1. The van der Waals surface area contributed by atoms with Crippen molar-refractivity contribution in [3.63, 3.8) is 0 Å². The molecule has 1 amide bonds. The van der Waals surface area contributed by atoms with E-state index in [-0.39, 0.29) is 23.6 Å². The van der Waals surface area contributed by atoms with Crippen LogP contribution >= 0.6 is 0 Å². The number of aryl methyl sites for hydroxylation is 1. The van der Waals surface area contributed by atoms with E-state index in [1.165, 1.54) is 11.1 Å². The number of benzene rings is 3. The molecule has 0 bridgehead atoms. The zero-order valence-electron chi connectivity index (χ0n) is 23.1. The number of fused-ring (bicyclic) bond motifs is 1. The second-order valence-corrected chi connectivity index (χ2v) is 10.5. The summed E-state index contributed by atoms with van der Waals surface area (Å²) in [7, 11) is 0. The Kier molecular flexibility index (Phi) is 8.60. The molecule has 0 saturated carbocycles. The normalized spacial score (nSPS) is 16.5. The average molecular weight is 785 g/mol. The Bertz CT molecular complexity index is 1590. The molecule has 6 heteroatoms. The molecule has 1 radical (unpaired) electrons. The number of allylic oxidation sites excluding steroid dienone is 3. The van der Waals surface area contributed by atoms with E-state index in [0.717, 1.165) is 47.1 Å². The van der Waals surface area contributed by atoms with Gasteiger partial charge in [-0.25, -0.2) is 6.08 Å². The van der Waals surface area contributed by atoms with E-state index in [1.54, 1.807) is 36.5 Å². The van der Waals surface area contributed by atoms with Crippen molar-refractivity contribution in [1.29, 1.82) is 5.26 Å². The Morgan fingerprint density at radius 3 is 2.61 bits per heavy atom. The van der Waals surface area contributed by atoms with E-state index in [4.69, 9.17) is 5.26 Å². The number of amides is 1. The van der Waals surface area contributed by atoms with Gasteiger partial charge in [-0.15, -0.1) is 6.92 Å². The minimum absolute atomic E-state index is 0. The predicted molar refractivity (Wildman–Crippen MR) is 160 cm³/mol. The molecule has 3 aromatic rings. The van der Waals surface area contributed by atoms with Gasteiger partial charge >= 0.3 is 0 Å². The first-order chi connectivity index (χ1) is 19.4. The number of hydrogen-bond donors (Lipinski definition) is 2. The Hall–Kier alpha value is -5.69. The first kappa shape index (κ1) is 28.3. The van der Waals surface area contributed by atoms with Gasteiger partial charge in [0.05, 0.1) is 11.6 Å². The summed E-state index contributed by atoms with van der Waals surface area (Å²) >= 11 is 0.